The zero-order chi connectivity index (χ0) is 41.5. The van der Waals surface area contributed by atoms with Crippen LogP contribution in [0.5, 0.6) is 0 Å². The smallest absolute Gasteiger partial charge is 0.306 e. The molecule has 0 fully saturated rings. The topological polar surface area (TPSA) is 78.9 Å². The third-order valence-corrected chi connectivity index (χ3v) is 9.21. The summed E-state index contributed by atoms with van der Waals surface area (Å²) in [5.41, 5.74) is 0. The van der Waals surface area contributed by atoms with Gasteiger partial charge in [0.1, 0.15) is 13.2 Å². The van der Waals surface area contributed by atoms with Gasteiger partial charge in [-0.05, 0) is 77.0 Å². The molecule has 0 spiro atoms. The fraction of sp³-hybridized carbons (Fsp3) is 0.627. The number of allylic oxidation sites excluding steroid dienone is 16. The van der Waals surface area contributed by atoms with Crippen LogP contribution in [-0.4, -0.2) is 37.2 Å². The van der Waals surface area contributed by atoms with Gasteiger partial charge in [-0.15, -0.1) is 0 Å². The van der Waals surface area contributed by atoms with Crippen molar-refractivity contribution >= 4 is 17.9 Å². The van der Waals surface area contributed by atoms with E-state index in [-0.39, 0.29) is 31.1 Å². The Hall–Kier alpha value is -3.67. The first kappa shape index (κ1) is 53.3. The average molecular weight is 791 g/mol. The molecule has 0 aliphatic carbocycles. The minimum atomic E-state index is -0.800. The third-order valence-electron chi connectivity index (χ3n) is 9.21. The highest BCUT2D eigenvalue weighted by molar-refractivity contribution is 5.71. The van der Waals surface area contributed by atoms with Gasteiger partial charge in [0.05, 0.1) is 0 Å². The lowest BCUT2D eigenvalue weighted by molar-refractivity contribution is -0.167. The van der Waals surface area contributed by atoms with Crippen LogP contribution in [0.15, 0.2) is 97.2 Å². The predicted molar refractivity (Wildman–Crippen MR) is 242 cm³/mol. The number of carbonyl (C=O) groups is 3. The van der Waals surface area contributed by atoms with Gasteiger partial charge >= 0.3 is 17.9 Å². The van der Waals surface area contributed by atoms with Crippen LogP contribution in [0.1, 0.15) is 188 Å². The first-order valence-electron chi connectivity index (χ1n) is 22.8. The van der Waals surface area contributed by atoms with Crippen LogP contribution >= 0.6 is 0 Å². The van der Waals surface area contributed by atoms with Gasteiger partial charge < -0.3 is 14.2 Å². The Balaban J connectivity index is 4.49. The van der Waals surface area contributed by atoms with Crippen molar-refractivity contribution in [2.75, 3.05) is 13.2 Å². The fourth-order valence-electron chi connectivity index (χ4n) is 5.78. The molecule has 6 heteroatoms. The van der Waals surface area contributed by atoms with E-state index >= 15 is 0 Å². The molecule has 6 nitrogen and oxygen atoms in total. The van der Waals surface area contributed by atoms with Crippen LogP contribution in [-0.2, 0) is 28.6 Å². The first-order valence-corrected chi connectivity index (χ1v) is 22.8. The van der Waals surface area contributed by atoms with E-state index in [0.717, 1.165) is 122 Å². The number of carbonyl (C=O) groups excluding carboxylic acids is 3. The van der Waals surface area contributed by atoms with Crippen molar-refractivity contribution in [2.24, 2.45) is 0 Å². The Morgan fingerprint density at radius 2 is 0.702 bits per heavy atom. The van der Waals surface area contributed by atoms with E-state index in [1.165, 1.54) is 25.7 Å². The summed E-state index contributed by atoms with van der Waals surface area (Å²) in [6.45, 7) is 6.25. The second-order valence-corrected chi connectivity index (χ2v) is 14.7. The van der Waals surface area contributed by atoms with E-state index in [9.17, 15) is 14.4 Å². The van der Waals surface area contributed by atoms with Crippen molar-refractivity contribution in [1.29, 1.82) is 0 Å². The van der Waals surface area contributed by atoms with Crippen molar-refractivity contribution < 1.29 is 28.6 Å². The van der Waals surface area contributed by atoms with Gasteiger partial charge in [-0.1, -0.05) is 189 Å². The van der Waals surface area contributed by atoms with Crippen molar-refractivity contribution in [3.8, 4) is 0 Å². The summed E-state index contributed by atoms with van der Waals surface area (Å²) in [6, 6.07) is 0. The molecule has 0 rings (SSSR count). The zero-order valence-corrected chi connectivity index (χ0v) is 36.6. The standard InChI is InChI=1S/C51H82O6/c1-4-7-10-13-16-19-22-24-25-27-29-32-35-38-41-44-50(53)56-47-48(46-55-49(52)43-40-37-34-31-28-21-18-15-12-9-6-3)57-51(54)45-42-39-36-33-30-26-23-20-17-14-11-8-5-2/h7-8,10-11,13-20,22-25,48H,4-6,9,12,21,26-47H2,1-3H3/b10-7-,11-8-,16-13-,17-14-,18-15-,22-19-,23-20-,25-24-. The van der Waals surface area contributed by atoms with Gasteiger partial charge in [0.15, 0.2) is 6.10 Å². The lowest BCUT2D eigenvalue weighted by Crippen LogP contribution is -2.30. The Bertz CT molecular complexity index is 1180. The van der Waals surface area contributed by atoms with E-state index in [0.29, 0.717) is 19.3 Å². The molecule has 322 valence electrons. The maximum atomic E-state index is 12.7. The van der Waals surface area contributed by atoms with Crippen LogP contribution in [0.4, 0.5) is 0 Å². The third kappa shape index (κ3) is 43.3. The molecule has 0 N–H and O–H groups in total. The monoisotopic (exact) mass is 791 g/mol. The minimum absolute atomic E-state index is 0.100. The van der Waals surface area contributed by atoms with Crippen molar-refractivity contribution in [3.63, 3.8) is 0 Å². The number of ether oxygens (including phenoxy) is 3. The average Bonchev–Trinajstić information content (AvgIpc) is 3.21. The number of rotatable bonds is 39. The predicted octanol–water partition coefficient (Wildman–Crippen LogP) is 14.6. The molecule has 57 heavy (non-hydrogen) atoms. The summed E-state index contributed by atoms with van der Waals surface area (Å²) < 4.78 is 16.7. The zero-order valence-electron chi connectivity index (χ0n) is 36.6. The van der Waals surface area contributed by atoms with Crippen LogP contribution in [0.2, 0.25) is 0 Å². The Kier molecular flexibility index (Phi) is 42.1. The fourth-order valence-corrected chi connectivity index (χ4v) is 5.78. The molecule has 0 bridgehead atoms. The van der Waals surface area contributed by atoms with E-state index in [2.05, 4.69) is 87.6 Å². The number of hydrogen-bond donors (Lipinski definition) is 0. The van der Waals surface area contributed by atoms with Crippen LogP contribution in [0.25, 0.3) is 0 Å². The molecule has 0 heterocycles. The van der Waals surface area contributed by atoms with Gasteiger partial charge in [0.2, 0.25) is 0 Å². The highest BCUT2D eigenvalue weighted by Crippen LogP contribution is 2.13. The van der Waals surface area contributed by atoms with Crippen molar-refractivity contribution in [2.45, 2.75) is 194 Å². The maximum Gasteiger partial charge on any atom is 0.306 e. The maximum absolute atomic E-state index is 12.7. The second-order valence-electron chi connectivity index (χ2n) is 14.7. The Morgan fingerprint density at radius 3 is 1.12 bits per heavy atom. The summed E-state index contributed by atoms with van der Waals surface area (Å²) in [7, 11) is 0. The van der Waals surface area contributed by atoms with Gasteiger partial charge in [0, 0.05) is 19.3 Å². The van der Waals surface area contributed by atoms with E-state index in [1.54, 1.807) is 0 Å². The molecule has 0 aliphatic rings. The molecular formula is C51H82O6. The van der Waals surface area contributed by atoms with Gasteiger partial charge in [0.25, 0.3) is 0 Å². The summed E-state index contributed by atoms with van der Waals surface area (Å²) in [5, 5.41) is 0. The molecule has 0 amide bonds. The molecule has 0 saturated heterocycles. The molecule has 0 aromatic heterocycles. The summed E-state index contributed by atoms with van der Waals surface area (Å²) in [4.78, 5) is 37.8. The summed E-state index contributed by atoms with van der Waals surface area (Å²) >= 11 is 0. The number of esters is 3. The van der Waals surface area contributed by atoms with E-state index in [1.807, 2.05) is 30.4 Å². The Labute approximate surface area is 349 Å². The molecule has 1 unspecified atom stereocenters. The lowest BCUT2D eigenvalue weighted by atomic mass is 10.1. The Morgan fingerprint density at radius 1 is 0.368 bits per heavy atom. The second kappa shape index (κ2) is 45.0. The largest absolute Gasteiger partial charge is 0.462 e. The van der Waals surface area contributed by atoms with Crippen molar-refractivity contribution in [3.05, 3.63) is 97.2 Å². The van der Waals surface area contributed by atoms with Crippen LogP contribution in [0.3, 0.4) is 0 Å². The summed E-state index contributed by atoms with van der Waals surface area (Å²) in [5.74, 6) is -0.964. The molecule has 0 aliphatic heterocycles. The van der Waals surface area contributed by atoms with E-state index in [4.69, 9.17) is 14.2 Å². The molecular weight excluding hydrogens is 709 g/mol. The normalized spacial score (nSPS) is 13.0. The van der Waals surface area contributed by atoms with E-state index < -0.39 is 6.10 Å². The molecule has 0 aromatic rings. The summed E-state index contributed by atoms with van der Waals surface area (Å²) in [6.07, 6.45) is 58.1. The quantitative estimate of drug-likeness (QED) is 0.0203. The molecule has 0 radical (unpaired) electrons. The highest BCUT2D eigenvalue weighted by atomic mass is 16.6. The molecule has 1 atom stereocenters. The molecule has 0 saturated carbocycles. The van der Waals surface area contributed by atoms with Crippen LogP contribution in [0, 0.1) is 0 Å². The highest BCUT2D eigenvalue weighted by Gasteiger charge is 2.19. The van der Waals surface area contributed by atoms with Gasteiger partial charge in [-0.2, -0.15) is 0 Å². The number of hydrogen-bond acceptors (Lipinski definition) is 6. The number of unbranched alkanes of at least 4 members (excludes halogenated alkanes) is 17. The van der Waals surface area contributed by atoms with Gasteiger partial charge in [-0.3, -0.25) is 14.4 Å². The minimum Gasteiger partial charge on any atom is -0.462 e. The molecule has 0 aromatic carbocycles. The first-order chi connectivity index (χ1) is 28.0. The van der Waals surface area contributed by atoms with Crippen molar-refractivity contribution in [1.82, 2.24) is 0 Å². The van der Waals surface area contributed by atoms with Gasteiger partial charge in [-0.25, -0.2) is 0 Å². The SMILES string of the molecule is CC\C=C/C=C\C=C/C=C\CCCCCCCC(=O)OCC(COC(=O)CCCCCCC/C=C\CCCC)OC(=O)CCCCCCC\C=C/C=C\C=C/CC. The lowest BCUT2D eigenvalue weighted by Gasteiger charge is -2.18. The van der Waals surface area contributed by atoms with Crippen LogP contribution < -0.4 is 0 Å².